The van der Waals surface area contributed by atoms with E-state index in [2.05, 4.69) is 4.98 Å². The monoisotopic (exact) mass is 251 g/mol. The number of fused-ring (bicyclic) bond motifs is 1. The van der Waals surface area contributed by atoms with E-state index < -0.39 is 11.8 Å². The number of aromatic carboxylic acids is 1. The fourth-order valence-electron chi connectivity index (χ4n) is 1.67. The molecule has 1 aromatic carbocycles. The van der Waals surface area contributed by atoms with Crippen LogP contribution in [0.2, 0.25) is 0 Å². The van der Waals surface area contributed by atoms with Crippen molar-refractivity contribution in [3.8, 4) is 11.5 Å². The summed E-state index contributed by atoms with van der Waals surface area (Å²) in [4.78, 5) is 14.9. The highest BCUT2D eigenvalue weighted by molar-refractivity contribution is 5.95. The fourth-order valence-corrected chi connectivity index (χ4v) is 1.67. The van der Waals surface area contributed by atoms with Crippen LogP contribution in [-0.2, 0) is 0 Å². The van der Waals surface area contributed by atoms with Gasteiger partial charge in [0.05, 0.1) is 14.2 Å². The summed E-state index contributed by atoms with van der Waals surface area (Å²) < 4.78 is 23.4. The zero-order chi connectivity index (χ0) is 13.3. The molecule has 2 rings (SSSR count). The maximum Gasteiger partial charge on any atom is 0.354 e. The lowest BCUT2D eigenvalue weighted by atomic mass is 10.1. The number of nitrogens with zero attached hydrogens (tertiary/aromatic N) is 1. The Hall–Kier alpha value is -2.37. The number of aromatic nitrogens is 1. The molecule has 0 bridgehead atoms. The van der Waals surface area contributed by atoms with Crippen LogP contribution in [0.15, 0.2) is 18.2 Å². The Morgan fingerprint density at radius 1 is 1.22 bits per heavy atom. The lowest BCUT2D eigenvalue weighted by Gasteiger charge is -2.10. The summed E-state index contributed by atoms with van der Waals surface area (Å²) >= 11 is 0. The van der Waals surface area contributed by atoms with Gasteiger partial charge >= 0.3 is 5.97 Å². The normalized spacial score (nSPS) is 10.4. The van der Waals surface area contributed by atoms with Crippen LogP contribution in [-0.4, -0.2) is 30.3 Å². The summed E-state index contributed by atoms with van der Waals surface area (Å²) in [5.74, 6) is -1.31. The number of hydrogen-bond acceptors (Lipinski definition) is 4. The number of rotatable bonds is 3. The lowest BCUT2D eigenvalue weighted by Crippen LogP contribution is -2.03. The molecule has 6 heteroatoms. The Balaban J connectivity index is 2.87. The second-order valence-electron chi connectivity index (χ2n) is 3.52. The van der Waals surface area contributed by atoms with Crippen LogP contribution in [0.5, 0.6) is 11.5 Å². The van der Waals surface area contributed by atoms with Gasteiger partial charge in [-0.05, 0) is 6.07 Å². The van der Waals surface area contributed by atoms with E-state index >= 15 is 0 Å². The van der Waals surface area contributed by atoms with Crippen molar-refractivity contribution in [1.82, 2.24) is 4.98 Å². The predicted molar refractivity (Wildman–Crippen MR) is 61.8 cm³/mol. The molecule has 0 atom stereocenters. The molecule has 5 nitrogen and oxygen atoms in total. The molecule has 0 aliphatic carbocycles. The molecule has 0 aliphatic heterocycles. The summed E-state index contributed by atoms with van der Waals surface area (Å²) in [6.07, 6.45) is 0. The van der Waals surface area contributed by atoms with E-state index in [1.54, 1.807) is 0 Å². The number of carbonyl (C=O) groups is 1. The molecule has 1 heterocycles. The van der Waals surface area contributed by atoms with Gasteiger partial charge in [0.2, 0.25) is 0 Å². The van der Waals surface area contributed by atoms with Crippen LogP contribution >= 0.6 is 0 Å². The van der Waals surface area contributed by atoms with E-state index in [9.17, 15) is 9.18 Å². The Morgan fingerprint density at radius 3 is 2.44 bits per heavy atom. The summed E-state index contributed by atoms with van der Waals surface area (Å²) in [7, 11) is 2.73. The first-order chi connectivity index (χ1) is 8.56. The van der Waals surface area contributed by atoms with Gasteiger partial charge in [0.25, 0.3) is 0 Å². The summed E-state index contributed by atoms with van der Waals surface area (Å²) in [6.45, 7) is 0. The minimum atomic E-state index is -1.19. The number of carboxylic acid groups (broad SMARTS) is 1. The SMILES string of the molecule is COc1cc(C(=O)O)nc2c(OC)cc(F)cc12. The second kappa shape index (κ2) is 4.48. The molecular formula is C12H10FNO4. The number of hydrogen-bond donors (Lipinski definition) is 1. The number of halogens is 1. The third kappa shape index (κ3) is 1.92. The number of ether oxygens (including phenoxy) is 2. The standard InChI is InChI=1S/C12H10FNO4/c1-17-9-5-8(12(15)16)14-11-7(9)3-6(13)4-10(11)18-2/h3-5H,1-2H3,(H,15,16). The fraction of sp³-hybridized carbons (Fsp3) is 0.167. The van der Waals surface area contributed by atoms with Gasteiger partial charge in [-0.3, -0.25) is 0 Å². The number of carboxylic acids is 1. The van der Waals surface area contributed by atoms with Crippen molar-refractivity contribution in [3.63, 3.8) is 0 Å². The summed E-state index contributed by atoms with van der Waals surface area (Å²) in [5, 5.41) is 9.31. The van der Waals surface area contributed by atoms with Crippen LogP contribution in [0.1, 0.15) is 10.5 Å². The summed E-state index contributed by atoms with van der Waals surface area (Å²) in [6, 6.07) is 3.60. The molecule has 0 unspecified atom stereocenters. The number of pyridine rings is 1. The van der Waals surface area contributed by atoms with E-state index in [-0.39, 0.29) is 22.7 Å². The van der Waals surface area contributed by atoms with Gasteiger partial charge < -0.3 is 14.6 Å². The minimum absolute atomic E-state index is 0.159. The van der Waals surface area contributed by atoms with Crippen LogP contribution in [0, 0.1) is 5.82 Å². The number of benzene rings is 1. The molecule has 0 saturated heterocycles. The van der Waals surface area contributed by atoms with Crippen molar-refractivity contribution < 1.29 is 23.8 Å². The maximum atomic E-state index is 13.4. The Bertz CT molecular complexity index is 627. The van der Waals surface area contributed by atoms with Gasteiger partial charge in [0.15, 0.2) is 5.69 Å². The van der Waals surface area contributed by atoms with E-state index in [4.69, 9.17) is 14.6 Å². The van der Waals surface area contributed by atoms with Crippen molar-refractivity contribution in [3.05, 3.63) is 29.7 Å². The first kappa shape index (κ1) is 12.1. The van der Waals surface area contributed by atoms with Gasteiger partial charge in [-0.1, -0.05) is 0 Å². The van der Waals surface area contributed by atoms with E-state index in [1.807, 2.05) is 0 Å². The smallest absolute Gasteiger partial charge is 0.354 e. The average molecular weight is 251 g/mol. The Kier molecular flexibility index (Phi) is 3.01. The van der Waals surface area contributed by atoms with Crippen molar-refractivity contribution >= 4 is 16.9 Å². The summed E-state index contributed by atoms with van der Waals surface area (Å²) in [5.41, 5.74) is 0.0555. The molecule has 2 aromatic rings. The van der Waals surface area contributed by atoms with Crippen molar-refractivity contribution in [2.45, 2.75) is 0 Å². The molecule has 0 fully saturated rings. The zero-order valence-corrected chi connectivity index (χ0v) is 9.73. The van der Waals surface area contributed by atoms with Gasteiger partial charge in [-0.25, -0.2) is 14.2 Å². The molecule has 18 heavy (non-hydrogen) atoms. The van der Waals surface area contributed by atoms with E-state index in [0.717, 1.165) is 6.07 Å². The molecule has 0 saturated carbocycles. The first-order valence-corrected chi connectivity index (χ1v) is 5.02. The molecule has 0 amide bonds. The van der Waals surface area contributed by atoms with Crippen LogP contribution in [0.3, 0.4) is 0 Å². The van der Waals surface area contributed by atoms with Crippen molar-refractivity contribution in [2.75, 3.05) is 14.2 Å². The molecule has 1 aromatic heterocycles. The van der Waals surface area contributed by atoms with Crippen molar-refractivity contribution in [1.29, 1.82) is 0 Å². The topological polar surface area (TPSA) is 68.7 Å². The first-order valence-electron chi connectivity index (χ1n) is 5.02. The van der Waals surface area contributed by atoms with E-state index in [1.165, 1.54) is 26.4 Å². The molecule has 0 radical (unpaired) electrons. The quantitative estimate of drug-likeness (QED) is 0.904. The number of methoxy groups -OCH3 is 2. The van der Waals surface area contributed by atoms with Crippen LogP contribution in [0.4, 0.5) is 4.39 Å². The maximum absolute atomic E-state index is 13.4. The van der Waals surface area contributed by atoms with Crippen LogP contribution < -0.4 is 9.47 Å². The van der Waals surface area contributed by atoms with Gasteiger partial charge in [-0.15, -0.1) is 0 Å². The van der Waals surface area contributed by atoms with Gasteiger partial charge in [0.1, 0.15) is 22.8 Å². The second-order valence-corrected chi connectivity index (χ2v) is 3.52. The lowest BCUT2D eigenvalue weighted by molar-refractivity contribution is 0.0690. The largest absolute Gasteiger partial charge is 0.496 e. The molecule has 1 N–H and O–H groups in total. The van der Waals surface area contributed by atoms with Gasteiger partial charge in [-0.2, -0.15) is 0 Å². The third-order valence-electron chi connectivity index (χ3n) is 2.46. The highest BCUT2D eigenvalue weighted by Gasteiger charge is 2.15. The van der Waals surface area contributed by atoms with Crippen LogP contribution in [0.25, 0.3) is 10.9 Å². The average Bonchev–Trinajstić information content (AvgIpc) is 2.36. The minimum Gasteiger partial charge on any atom is -0.496 e. The Labute approximate surface area is 102 Å². The van der Waals surface area contributed by atoms with E-state index in [0.29, 0.717) is 5.39 Å². The Morgan fingerprint density at radius 2 is 1.89 bits per heavy atom. The highest BCUT2D eigenvalue weighted by Crippen LogP contribution is 2.32. The zero-order valence-electron chi connectivity index (χ0n) is 9.73. The predicted octanol–water partition coefficient (Wildman–Crippen LogP) is 2.09. The third-order valence-corrected chi connectivity index (χ3v) is 2.46. The van der Waals surface area contributed by atoms with Gasteiger partial charge in [0, 0.05) is 17.5 Å². The molecule has 94 valence electrons. The van der Waals surface area contributed by atoms with Crippen molar-refractivity contribution in [2.24, 2.45) is 0 Å². The highest BCUT2D eigenvalue weighted by atomic mass is 19.1. The molecule has 0 spiro atoms. The molecule has 0 aliphatic rings. The molecular weight excluding hydrogens is 241 g/mol.